The summed E-state index contributed by atoms with van der Waals surface area (Å²) in [4.78, 5) is 14.5. The van der Waals surface area contributed by atoms with E-state index in [1.807, 2.05) is 4.90 Å². The largest absolute Gasteiger partial charge is 0.341 e. The highest BCUT2D eigenvalue weighted by atomic mass is 35.5. The van der Waals surface area contributed by atoms with Gasteiger partial charge < -0.3 is 10.2 Å². The Hall–Kier alpha value is -0.370. The third kappa shape index (κ3) is 4.67. The van der Waals surface area contributed by atoms with Crippen LogP contribution >= 0.6 is 12.4 Å². The van der Waals surface area contributed by atoms with Gasteiger partial charge in [0.05, 0.1) is 5.25 Å². The molecule has 1 N–H and O–H groups in total. The molecule has 1 unspecified atom stereocenters. The summed E-state index contributed by atoms with van der Waals surface area (Å²) in [5.41, 5.74) is 0. The highest BCUT2D eigenvalue weighted by Gasteiger charge is 2.39. The maximum atomic E-state index is 13.0. The van der Waals surface area contributed by atoms with E-state index in [2.05, 4.69) is 5.32 Å². The van der Waals surface area contributed by atoms with E-state index in [9.17, 15) is 13.2 Å². The van der Waals surface area contributed by atoms with Crippen LogP contribution in [0.1, 0.15) is 51.4 Å². The van der Waals surface area contributed by atoms with E-state index >= 15 is 0 Å². The Labute approximate surface area is 158 Å². The molecule has 8 heteroatoms. The molecule has 3 rings (SSSR count). The van der Waals surface area contributed by atoms with Gasteiger partial charge in [0, 0.05) is 32.1 Å². The Morgan fingerprint density at radius 2 is 1.68 bits per heavy atom. The smallest absolute Gasteiger partial charge is 0.225 e. The Morgan fingerprint density at radius 1 is 1.04 bits per heavy atom. The van der Waals surface area contributed by atoms with Gasteiger partial charge >= 0.3 is 0 Å². The maximum Gasteiger partial charge on any atom is 0.225 e. The topological polar surface area (TPSA) is 69.7 Å². The van der Waals surface area contributed by atoms with Gasteiger partial charge in [-0.15, -0.1) is 12.4 Å². The monoisotopic (exact) mass is 393 g/mol. The number of piperidine rings is 2. The first-order valence-corrected chi connectivity index (χ1v) is 11.0. The number of likely N-dealkylation sites (tertiary alicyclic amines) is 1. The number of nitrogens with one attached hydrogen (secondary N) is 1. The summed E-state index contributed by atoms with van der Waals surface area (Å²) in [5, 5.41) is 2.85. The van der Waals surface area contributed by atoms with Crippen LogP contribution in [0.5, 0.6) is 0 Å². The first-order valence-electron chi connectivity index (χ1n) is 9.46. The molecule has 25 heavy (non-hydrogen) atoms. The zero-order valence-corrected chi connectivity index (χ0v) is 16.8. The molecule has 1 aliphatic carbocycles. The Balaban J connectivity index is 0.00000225. The lowest BCUT2D eigenvalue weighted by Gasteiger charge is -2.38. The van der Waals surface area contributed by atoms with Crippen LogP contribution in [0.4, 0.5) is 0 Å². The normalized spacial score (nSPS) is 26.6. The van der Waals surface area contributed by atoms with Crippen molar-refractivity contribution in [2.24, 2.45) is 5.92 Å². The van der Waals surface area contributed by atoms with Crippen molar-refractivity contribution in [3.63, 3.8) is 0 Å². The molecule has 0 bridgehead atoms. The molecule has 1 amide bonds. The molecular weight excluding hydrogens is 362 g/mol. The van der Waals surface area contributed by atoms with Crippen LogP contribution in [0, 0.1) is 5.92 Å². The maximum absolute atomic E-state index is 13.0. The third-order valence-electron chi connectivity index (χ3n) is 6.04. The van der Waals surface area contributed by atoms with E-state index in [1.54, 1.807) is 11.4 Å². The zero-order valence-electron chi connectivity index (χ0n) is 15.2. The van der Waals surface area contributed by atoms with Crippen LogP contribution in [0.2, 0.25) is 0 Å². The van der Waals surface area contributed by atoms with Gasteiger partial charge in [-0.2, -0.15) is 0 Å². The summed E-state index contributed by atoms with van der Waals surface area (Å²) in [7, 11) is -1.61. The molecule has 2 saturated heterocycles. The van der Waals surface area contributed by atoms with Crippen molar-refractivity contribution in [3.8, 4) is 0 Å². The number of carbonyl (C=O) groups is 1. The van der Waals surface area contributed by atoms with E-state index in [0.29, 0.717) is 13.0 Å². The quantitative estimate of drug-likeness (QED) is 0.787. The molecule has 1 saturated carbocycles. The van der Waals surface area contributed by atoms with Crippen molar-refractivity contribution in [1.82, 2.24) is 14.5 Å². The van der Waals surface area contributed by atoms with Crippen LogP contribution in [0.25, 0.3) is 0 Å². The molecular formula is C17H32ClN3O3S. The molecule has 2 aliphatic heterocycles. The third-order valence-corrected chi connectivity index (χ3v) is 8.37. The highest BCUT2D eigenvalue weighted by Crippen LogP contribution is 2.29. The predicted molar refractivity (Wildman–Crippen MR) is 101 cm³/mol. The summed E-state index contributed by atoms with van der Waals surface area (Å²) < 4.78 is 27.7. The number of nitrogens with zero attached hydrogens (tertiary/aromatic N) is 2. The Bertz CT molecular complexity index is 545. The average Bonchev–Trinajstić information content (AvgIpc) is 3.16. The summed E-state index contributed by atoms with van der Waals surface area (Å²) in [6.07, 6.45) is 7.41. The molecule has 2 heterocycles. The number of carbonyl (C=O) groups excluding carboxylic acids is 1. The molecule has 3 aliphatic rings. The minimum absolute atomic E-state index is 0. The first kappa shape index (κ1) is 20.9. The molecule has 0 aromatic heterocycles. The van der Waals surface area contributed by atoms with Crippen molar-refractivity contribution < 1.29 is 13.2 Å². The number of hydrogen-bond acceptors (Lipinski definition) is 4. The summed E-state index contributed by atoms with van der Waals surface area (Å²) >= 11 is 0. The van der Waals surface area contributed by atoms with E-state index in [-0.39, 0.29) is 30.3 Å². The van der Waals surface area contributed by atoms with Crippen molar-refractivity contribution in [1.29, 1.82) is 0 Å². The second-order valence-corrected chi connectivity index (χ2v) is 9.84. The summed E-state index contributed by atoms with van der Waals surface area (Å²) in [6.45, 7) is 2.86. The fourth-order valence-corrected chi connectivity index (χ4v) is 6.36. The fraction of sp³-hybridized carbons (Fsp3) is 0.941. The summed E-state index contributed by atoms with van der Waals surface area (Å²) in [5.74, 6) is 0.325. The molecule has 0 spiro atoms. The fourth-order valence-electron chi connectivity index (χ4n) is 4.43. The molecule has 3 fully saturated rings. The average molecular weight is 394 g/mol. The second kappa shape index (κ2) is 9.02. The van der Waals surface area contributed by atoms with Crippen molar-refractivity contribution >= 4 is 28.3 Å². The second-order valence-electron chi connectivity index (χ2n) is 7.57. The number of sulfonamides is 1. The van der Waals surface area contributed by atoms with Crippen LogP contribution < -0.4 is 5.32 Å². The standard InChI is InChI=1S/C17H31N3O3S.ClH/c1-19(15-8-10-18-11-9-15)24(22,23)16-7-4-12-20(13-16)17(21)14-5-2-3-6-14;/h14-16,18H,2-13H2,1H3;1H. The van der Waals surface area contributed by atoms with Gasteiger partial charge in [0.25, 0.3) is 0 Å². The lowest BCUT2D eigenvalue weighted by molar-refractivity contribution is -0.136. The molecule has 1 atom stereocenters. The molecule has 0 radical (unpaired) electrons. The number of amides is 1. The SMILES string of the molecule is CN(C1CCNCC1)S(=O)(=O)C1CCCN(C(=O)C2CCCC2)C1.Cl. The van der Waals surface area contributed by atoms with Gasteiger partial charge in [0.15, 0.2) is 0 Å². The lowest BCUT2D eigenvalue weighted by Crippen LogP contribution is -2.53. The summed E-state index contributed by atoms with van der Waals surface area (Å²) in [6, 6.07) is 0.0946. The van der Waals surface area contributed by atoms with E-state index in [1.165, 1.54) is 0 Å². The number of rotatable bonds is 4. The number of hydrogen-bond donors (Lipinski definition) is 1. The first-order chi connectivity index (χ1) is 11.5. The van der Waals surface area contributed by atoms with Crippen LogP contribution in [-0.2, 0) is 14.8 Å². The van der Waals surface area contributed by atoms with Crippen molar-refractivity contribution in [3.05, 3.63) is 0 Å². The highest BCUT2D eigenvalue weighted by molar-refractivity contribution is 7.89. The van der Waals surface area contributed by atoms with Crippen molar-refractivity contribution in [2.75, 3.05) is 33.2 Å². The van der Waals surface area contributed by atoms with E-state index < -0.39 is 15.3 Å². The van der Waals surface area contributed by atoms with Gasteiger partial charge in [-0.25, -0.2) is 12.7 Å². The lowest BCUT2D eigenvalue weighted by atomic mass is 10.0. The molecule has 0 aromatic rings. The molecule has 0 aromatic carbocycles. The predicted octanol–water partition coefficient (Wildman–Crippen LogP) is 1.60. The van der Waals surface area contributed by atoms with E-state index in [0.717, 1.165) is 64.6 Å². The van der Waals surface area contributed by atoms with Gasteiger partial charge in [-0.3, -0.25) is 4.79 Å². The van der Waals surface area contributed by atoms with Crippen LogP contribution in [0.15, 0.2) is 0 Å². The van der Waals surface area contributed by atoms with Gasteiger partial charge in [0.1, 0.15) is 0 Å². The van der Waals surface area contributed by atoms with E-state index in [4.69, 9.17) is 0 Å². The Kier molecular flexibility index (Phi) is 7.55. The van der Waals surface area contributed by atoms with Gasteiger partial charge in [0.2, 0.25) is 15.9 Å². The van der Waals surface area contributed by atoms with Crippen LogP contribution in [-0.4, -0.2) is 68.0 Å². The zero-order chi connectivity index (χ0) is 17.2. The molecule has 146 valence electrons. The minimum atomic E-state index is -3.34. The van der Waals surface area contributed by atoms with Crippen LogP contribution in [0.3, 0.4) is 0 Å². The molecule has 6 nitrogen and oxygen atoms in total. The number of halogens is 1. The van der Waals surface area contributed by atoms with Crippen molar-refractivity contribution in [2.45, 2.75) is 62.7 Å². The Morgan fingerprint density at radius 3 is 2.32 bits per heavy atom. The van der Waals surface area contributed by atoms with Gasteiger partial charge in [-0.1, -0.05) is 12.8 Å². The minimum Gasteiger partial charge on any atom is -0.341 e. The van der Waals surface area contributed by atoms with Gasteiger partial charge in [-0.05, 0) is 51.6 Å².